The molecule has 2 fully saturated rings. The summed E-state index contributed by atoms with van der Waals surface area (Å²) < 4.78 is 12.2. The lowest BCUT2D eigenvalue weighted by Gasteiger charge is -2.25. The minimum Gasteiger partial charge on any atom is -0.493 e. The Kier molecular flexibility index (Phi) is 8.04. The molecule has 4 rings (SSSR count). The molecule has 0 aromatic heterocycles. The molecule has 1 saturated heterocycles. The third-order valence-electron chi connectivity index (χ3n) is 5.89. The molecule has 1 saturated carbocycles. The summed E-state index contributed by atoms with van der Waals surface area (Å²) in [6, 6.07) is 11.1. The van der Waals surface area contributed by atoms with Crippen molar-refractivity contribution in [3.8, 4) is 11.5 Å². The Hall–Kier alpha value is -1.96. The van der Waals surface area contributed by atoms with Crippen molar-refractivity contribution in [1.29, 1.82) is 0 Å². The minimum atomic E-state index is -0.214. The first kappa shape index (κ1) is 24.2. The van der Waals surface area contributed by atoms with Crippen molar-refractivity contribution in [2.24, 2.45) is 5.92 Å². The van der Waals surface area contributed by atoms with Gasteiger partial charge in [-0.25, -0.2) is 0 Å². The monoisotopic (exact) mass is 549 g/mol. The van der Waals surface area contributed by atoms with Crippen LogP contribution >= 0.6 is 39.3 Å². The van der Waals surface area contributed by atoms with Gasteiger partial charge in [0.05, 0.1) is 16.5 Å². The van der Waals surface area contributed by atoms with Gasteiger partial charge in [0.2, 0.25) is 0 Å². The zero-order chi connectivity index (χ0) is 23.4. The predicted molar refractivity (Wildman–Crippen MR) is 136 cm³/mol. The third-order valence-corrected chi connectivity index (χ3v) is 7.63. The molecule has 0 unspecified atom stereocenters. The zero-order valence-corrected chi connectivity index (χ0v) is 21.5. The summed E-state index contributed by atoms with van der Waals surface area (Å²) in [7, 11) is 1.57. The van der Waals surface area contributed by atoms with Crippen LogP contribution < -0.4 is 9.47 Å². The summed E-state index contributed by atoms with van der Waals surface area (Å²) in [5.74, 6) is 1.30. The number of ether oxygens (including phenoxy) is 2. The zero-order valence-electron chi connectivity index (χ0n) is 18.3. The number of carbonyl (C=O) groups excluding carboxylic acids is 2. The number of imide groups is 1. The molecule has 33 heavy (non-hydrogen) atoms. The van der Waals surface area contributed by atoms with Crippen molar-refractivity contribution in [2.45, 2.75) is 38.7 Å². The van der Waals surface area contributed by atoms with Crippen LogP contribution in [0, 0.1) is 5.92 Å². The van der Waals surface area contributed by atoms with Crippen LogP contribution in [-0.4, -0.2) is 29.7 Å². The lowest BCUT2D eigenvalue weighted by atomic mass is 9.89. The molecule has 0 N–H and O–H groups in total. The highest BCUT2D eigenvalue weighted by Crippen LogP contribution is 2.40. The molecule has 2 aromatic rings. The van der Waals surface area contributed by atoms with E-state index in [1.54, 1.807) is 19.3 Å². The van der Waals surface area contributed by atoms with Crippen LogP contribution in [0.25, 0.3) is 6.08 Å². The van der Waals surface area contributed by atoms with E-state index in [4.69, 9.17) is 21.1 Å². The molecule has 0 atom stereocenters. The second-order valence-corrected chi connectivity index (χ2v) is 10.5. The molecule has 2 aliphatic rings. The van der Waals surface area contributed by atoms with Gasteiger partial charge in [0.25, 0.3) is 11.1 Å². The lowest BCUT2D eigenvalue weighted by molar-refractivity contribution is -0.123. The van der Waals surface area contributed by atoms with Crippen LogP contribution in [0.4, 0.5) is 4.79 Å². The van der Waals surface area contributed by atoms with Gasteiger partial charge in [-0.3, -0.25) is 14.5 Å². The van der Waals surface area contributed by atoms with E-state index in [0.717, 1.165) is 35.7 Å². The van der Waals surface area contributed by atoms with Crippen molar-refractivity contribution in [3.63, 3.8) is 0 Å². The van der Waals surface area contributed by atoms with E-state index in [1.165, 1.54) is 24.2 Å². The molecule has 8 heteroatoms. The minimum absolute atomic E-state index is 0.189. The number of hydrogen-bond acceptors (Lipinski definition) is 5. The van der Waals surface area contributed by atoms with Crippen molar-refractivity contribution >= 4 is 56.5 Å². The molecule has 5 nitrogen and oxygen atoms in total. The number of amides is 2. The number of rotatable bonds is 7. The van der Waals surface area contributed by atoms with E-state index in [0.29, 0.717) is 45.0 Å². The SMILES string of the molecule is COc1cc(/C=C2/SC(=O)N(CC3CCCCC3)C2=O)cc(Br)c1OCc1ccc(Cl)cc1. The fraction of sp³-hybridized carbons (Fsp3) is 0.360. The first-order chi connectivity index (χ1) is 15.9. The standard InChI is InChI=1S/C25H25BrClNO4S/c1-31-21-12-18(11-20(26)23(21)32-15-17-7-9-19(27)10-8-17)13-22-24(29)28(25(30)33-22)14-16-5-3-2-4-6-16/h7-13,16H,2-6,14-15H2,1H3/b22-13+. The molecular formula is C25H25BrClNO4S. The quantitative estimate of drug-likeness (QED) is 0.338. The first-order valence-corrected chi connectivity index (χ1v) is 12.9. The highest BCUT2D eigenvalue weighted by atomic mass is 79.9. The van der Waals surface area contributed by atoms with Crippen LogP contribution in [0.2, 0.25) is 5.02 Å². The van der Waals surface area contributed by atoms with Crippen LogP contribution in [0.15, 0.2) is 45.8 Å². The summed E-state index contributed by atoms with van der Waals surface area (Å²) in [6.07, 6.45) is 7.51. The van der Waals surface area contributed by atoms with Crippen molar-refractivity contribution in [2.75, 3.05) is 13.7 Å². The Bertz CT molecular complexity index is 1070. The van der Waals surface area contributed by atoms with E-state index in [1.807, 2.05) is 30.3 Å². The van der Waals surface area contributed by atoms with E-state index in [2.05, 4.69) is 15.9 Å². The normalized spacial score (nSPS) is 18.3. The van der Waals surface area contributed by atoms with Crippen molar-refractivity contribution in [1.82, 2.24) is 4.90 Å². The Morgan fingerprint density at radius 3 is 2.58 bits per heavy atom. The molecular weight excluding hydrogens is 526 g/mol. The predicted octanol–water partition coefficient (Wildman–Crippen LogP) is 7.31. The van der Waals surface area contributed by atoms with Crippen molar-refractivity contribution < 1.29 is 19.1 Å². The first-order valence-electron chi connectivity index (χ1n) is 10.9. The molecule has 2 aromatic carbocycles. The van der Waals surface area contributed by atoms with Crippen LogP contribution in [0.3, 0.4) is 0 Å². The van der Waals surface area contributed by atoms with Gasteiger partial charge in [-0.15, -0.1) is 0 Å². The van der Waals surface area contributed by atoms with Gasteiger partial charge < -0.3 is 9.47 Å². The number of benzene rings is 2. The van der Waals surface area contributed by atoms with Gasteiger partial charge in [0.1, 0.15) is 6.61 Å². The fourth-order valence-electron chi connectivity index (χ4n) is 4.14. The Morgan fingerprint density at radius 2 is 1.88 bits per heavy atom. The van der Waals surface area contributed by atoms with Gasteiger partial charge in [-0.2, -0.15) is 0 Å². The maximum absolute atomic E-state index is 12.9. The molecule has 1 heterocycles. The molecule has 1 aliphatic heterocycles. The molecule has 0 bridgehead atoms. The largest absolute Gasteiger partial charge is 0.493 e. The number of thioether (sulfide) groups is 1. The van der Waals surface area contributed by atoms with Crippen LogP contribution in [-0.2, 0) is 11.4 Å². The number of hydrogen-bond donors (Lipinski definition) is 0. The third kappa shape index (κ3) is 5.94. The molecule has 1 aliphatic carbocycles. The molecule has 0 spiro atoms. The topological polar surface area (TPSA) is 55.8 Å². The average Bonchev–Trinajstić information content (AvgIpc) is 3.07. The maximum atomic E-state index is 12.9. The van der Waals surface area contributed by atoms with Crippen molar-refractivity contribution in [3.05, 3.63) is 61.9 Å². The second kappa shape index (κ2) is 11.0. The highest BCUT2D eigenvalue weighted by molar-refractivity contribution is 9.10. The summed E-state index contributed by atoms with van der Waals surface area (Å²) in [5, 5.41) is 0.482. The summed E-state index contributed by atoms with van der Waals surface area (Å²) >= 11 is 10.5. The lowest BCUT2D eigenvalue weighted by Crippen LogP contribution is -2.34. The Labute approximate surface area is 211 Å². The van der Waals surface area contributed by atoms with Gasteiger partial charge >= 0.3 is 0 Å². The summed E-state index contributed by atoms with van der Waals surface area (Å²) in [5.41, 5.74) is 1.73. The van der Waals surface area contributed by atoms with E-state index in [9.17, 15) is 9.59 Å². The van der Waals surface area contributed by atoms with Gasteiger partial charge in [0.15, 0.2) is 11.5 Å². The van der Waals surface area contributed by atoms with Crippen LogP contribution in [0.1, 0.15) is 43.2 Å². The number of methoxy groups -OCH3 is 1. The Balaban J connectivity index is 1.49. The van der Waals surface area contributed by atoms with Crippen LogP contribution in [0.5, 0.6) is 11.5 Å². The van der Waals surface area contributed by atoms with E-state index >= 15 is 0 Å². The van der Waals surface area contributed by atoms with Gasteiger partial charge in [0, 0.05) is 11.6 Å². The Morgan fingerprint density at radius 1 is 1.15 bits per heavy atom. The van der Waals surface area contributed by atoms with Gasteiger partial charge in [-0.1, -0.05) is 43.0 Å². The van der Waals surface area contributed by atoms with E-state index in [-0.39, 0.29) is 11.1 Å². The smallest absolute Gasteiger partial charge is 0.293 e. The molecule has 0 radical (unpaired) electrons. The maximum Gasteiger partial charge on any atom is 0.293 e. The summed E-state index contributed by atoms with van der Waals surface area (Å²) in [6.45, 7) is 0.873. The van der Waals surface area contributed by atoms with E-state index < -0.39 is 0 Å². The fourth-order valence-corrected chi connectivity index (χ4v) is 5.68. The second-order valence-electron chi connectivity index (χ2n) is 8.25. The average molecular weight is 551 g/mol. The number of halogens is 2. The highest BCUT2D eigenvalue weighted by Gasteiger charge is 2.36. The number of carbonyl (C=O) groups is 2. The molecule has 2 amide bonds. The summed E-state index contributed by atoms with van der Waals surface area (Å²) in [4.78, 5) is 27.3. The van der Waals surface area contributed by atoms with Gasteiger partial charge in [-0.05, 0) is 87.9 Å². The number of nitrogens with zero attached hydrogens (tertiary/aromatic N) is 1. The molecule has 174 valence electrons.